The van der Waals surface area contributed by atoms with Crippen molar-refractivity contribution in [3.8, 4) is 0 Å². The molecule has 16 heavy (non-hydrogen) atoms. The fourth-order valence-electron chi connectivity index (χ4n) is 0.848. The number of hydrogen-bond donors (Lipinski definition) is 2. The van der Waals surface area contributed by atoms with Crippen LogP contribution in [0.3, 0.4) is 0 Å². The average molecular weight is 269 g/mol. The Hall–Kier alpha value is -1.12. The van der Waals surface area contributed by atoms with E-state index in [1.54, 1.807) is 0 Å². The summed E-state index contributed by atoms with van der Waals surface area (Å²) in [5.41, 5.74) is -2.84. The first-order valence-electron chi connectivity index (χ1n) is 3.60. The summed E-state index contributed by atoms with van der Waals surface area (Å²) in [7, 11) is 0. The number of H-pyrrole nitrogens is 2. The molecule has 10 heteroatoms. The molecule has 3 nitrogen and oxygen atoms in total. The molecule has 0 fully saturated rings. The minimum atomic E-state index is -5.84. The van der Waals surface area contributed by atoms with Gasteiger partial charge in [0, 0.05) is 6.07 Å². The molecule has 0 unspecified atom stereocenters. The van der Waals surface area contributed by atoms with Crippen LogP contribution in [0.5, 0.6) is 0 Å². The Bertz CT molecular complexity index is 433. The minimum absolute atomic E-state index is 0.0382. The summed E-state index contributed by atoms with van der Waals surface area (Å²) in [5.74, 6) is -11.1. The summed E-state index contributed by atoms with van der Waals surface area (Å²) in [6, 6.07) is 0.0382. The van der Waals surface area contributed by atoms with E-state index in [0.717, 1.165) is 0 Å². The smallest absolute Gasteiger partial charge is 0.296 e. The number of nitrogens with one attached hydrogen (secondary N) is 2. The van der Waals surface area contributed by atoms with Gasteiger partial charge in [-0.15, -0.1) is 0 Å². The molecule has 0 aliphatic heterocycles. The van der Waals surface area contributed by atoms with Gasteiger partial charge in [-0.1, -0.05) is 0 Å². The van der Waals surface area contributed by atoms with Crippen LogP contribution in [0, 0.1) is 0 Å². The van der Waals surface area contributed by atoms with Gasteiger partial charge in [-0.3, -0.25) is 15.0 Å². The van der Waals surface area contributed by atoms with Crippen molar-refractivity contribution in [3.63, 3.8) is 0 Å². The number of halogens is 7. The second kappa shape index (κ2) is 3.44. The Balaban J connectivity index is 3.26. The lowest BCUT2D eigenvalue weighted by Crippen LogP contribution is -2.49. The standard InChI is InChI=1S/C6H3ClF6N2O/c7-6(12,13)5(10,11)4(8,9)2-1-3(16)15-14-2/h1H,(H2,14,15,16). The third kappa shape index (κ3) is 1.79. The van der Waals surface area contributed by atoms with E-state index in [2.05, 4.69) is 11.6 Å². The zero-order chi connectivity index (χ0) is 12.8. The van der Waals surface area contributed by atoms with Crippen LogP contribution in [0.1, 0.15) is 5.69 Å². The van der Waals surface area contributed by atoms with Crippen LogP contribution in [0.4, 0.5) is 26.3 Å². The first kappa shape index (κ1) is 12.9. The lowest BCUT2D eigenvalue weighted by Gasteiger charge is -2.28. The SMILES string of the molecule is O=c1cc(C(F)(F)C(F)(F)C(F)(F)Cl)[nH][nH]1. The van der Waals surface area contributed by atoms with E-state index < -0.39 is 28.5 Å². The molecule has 1 rings (SSSR count). The predicted octanol–water partition coefficient (Wildman–Crippen LogP) is 2.26. The molecule has 0 spiro atoms. The van der Waals surface area contributed by atoms with E-state index in [-0.39, 0.29) is 6.07 Å². The first-order chi connectivity index (χ1) is 7.00. The molecule has 0 aromatic carbocycles. The maximum Gasteiger partial charge on any atom is 0.392 e. The van der Waals surface area contributed by atoms with Gasteiger partial charge in [0.1, 0.15) is 5.69 Å². The minimum Gasteiger partial charge on any atom is -0.296 e. The Morgan fingerprint density at radius 2 is 1.56 bits per heavy atom. The van der Waals surface area contributed by atoms with Gasteiger partial charge in [0.15, 0.2) is 0 Å². The zero-order valence-corrected chi connectivity index (χ0v) is 7.89. The van der Waals surface area contributed by atoms with E-state index >= 15 is 0 Å². The molecule has 1 aromatic rings. The van der Waals surface area contributed by atoms with Gasteiger partial charge >= 0.3 is 17.2 Å². The summed E-state index contributed by atoms with van der Waals surface area (Å²) in [5, 5.41) is -2.57. The van der Waals surface area contributed by atoms with Gasteiger partial charge < -0.3 is 0 Å². The Morgan fingerprint density at radius 1 is 1.06 bits per heavy atom. The van der Waals surface area contributed by atoms with Gasteiger partial charge in [0.25, 0.3) is 5.56 Å². The van der Waals surface area contributed by atoms with Crippen LogP contribution in [-0.2, 0) is 5.92 Å². The highest BCUT2D eigenvalue weighted by atomic mass is 35.5. The number of aromatic amines is 2. The highest BCUT2D eigenvalue weighted by Gasteiger charge is 2.72. The van der Waals surface area contributed by atoms with Crippen LogP contribution < -0.4 is 5.56 Å². The van der Waals surface area contributed by atoms with Crippen molar-refractivity contribution in [1.29, 1.82) is 0 Å². The van der Waals surface area contributed by atoms with Gasteiger partial charge in [-0.2, -0.15) is 26.3 Å². The van der Waals surface area contributed by atoms with E-state index in [1.165, 1.54) is 10.2 Å². The van der Waals surface area contributed by atoms with Gasteiger partial charge in [-0.05, 0) is 11.6 Å². The van der Waals surface area contributed by atoms with Crippen molar-refractivity contribution in [2.45, 2.75) is 17.2 Å². The zero-order valence-electron chi connectivity index (χ0n) is 7.13. The lowest BCUT2D eigenvalue weighted by molar-refractivity contribution is -0.287. The molecule has 0 amide bonds. The molecule has 0 aliphatic carbocycles. The van der Waals surface area contributed by atoms with Gasteiger partial charge in [0.2, 0.25) is 0 Å². The Kier molecular flexibility index (Phi) is 2.78. The number of rotatable bonds is 3. The summed E-state index contributed by atoms with van der Waals surface area (Å²) < 4.78 is 75.4. The molecule has 0 bridgehead atoms. The van der Waals surface area contributed by atoms with Crippen molar-refractivity contribution in [3.05, 3.63) is 22.1 Å². The van der Waals surface area contributed by atoms with Crippen molar-refractivity contribution >= 4 is 11.6 Å². The number of aromatic nitrogens is 2. The maximum atomic E-state index is 12.9. The topological polar surface area (TPSA) is 48.6 Å². The molecule has 0 saturated heterocycles. The normalized spacial score (nSPS) is 14.2. The van der Waals surface area contributed by atoms with Gasteiger partial charge in [0.05, 0.1) is 0 Å². The summed E-state index contributed by atoms with van der Waals surface area (Å²) >= 11 is 3.90. The quantitative estimate of drug-likeness (QED) is 0.641. The van der Waals surface area contributed by atoms with Crippen LogP contribution in [0.25, 0.3) is 0 Å². The fourth-order valence-corrected chi connectivity index (χ4v) is 0.967. The lowest BCUT2D eigenvalue weighted by atomic mass is 10.1. The second-order valence-corrected chi connectivity index (χ2v) is 3.29. The maximum absolute atomic E-state index is 12.9. The molecule has 0 aliphatic rings. The van der Waals surface area contributed by atoms with Crippen molar-refractivity contribution in [1.82, 2.24) is 10.2 Å². The summed E-state index contributed by atoms with van der Waals surface area (Å²) in [6.07, 6.45) is 0. The molecular weight excluding hydrogens is 266 g/mol. The highest BCUT2D eigenvalue weighted by Crippen LogP contribution is 2.51. The third-order valence-electron chi connectivity index (χ3n) is 1.68. The summed E-state index contributed by atoms with van der Waals surface area (Å²) in [6.45, 7) is 0. The largest absolute Gasteiger partial charge is 0.392 e. The molecular formula is C6H3ClF6N2O. The molecule has 1 heterocycles. The fraction of sp³-hybridized carbons (Fsp3) is 0.500. The van der Waals surface area contributed by atoms with Crippen LogP contribution >= 0.6 is 11.6 Å². The van der Waals surface area contributed by atoms with Gasteiger partial charge in [-0.25, -0.2) is 0 Å². The van der Waals surface area contributed by atoms with E-state index in [0.29, 0.717) is 0 Å². The number of hydrogen-bond acceptors (Lipinski definition) is 1. The molecule has 2 N–H and O–H groups in total. The van der Waals surface area contributed by atoms with Crippen LogP contribution in [-0.4, -0.2) is 21.5 Å². The molecule has 1 aromatic heterocycles. The average Bonchev–Trinajstić information content (AvgIpc) is 2.49. The molecule has 0 saturated carbocycles. The monoisotopic (exact) mass is 268 g/mol. The van der Waals surface area contributed by atoms with Crippen molar-refractivity contribution in [2.24, 2.45) is 0 Å². The van der Waals surface area contributed by atoms with Crippen molar-refractivity contribution < 1.29 is 26.3 Å². The Labute approximate surface area is 88.4 Å². The first-order valence-corrected chi connectivity index (χ1v) is 3.98. The molecule has 0 radical (unpaired) electrons. The highest BCUT2D eigenvalue weighted by molar-refractivity contribution is 6.22. The summed E-state index contributed by atoms with van der Waals surface area (Å²) in [4.78, 5) is 10.4. The van der Waals surface area contributed by atoms with Crippen LogP contribution in [0.15, 0.2) is 10.9 Å². The molecule has 92 valence electrons. The molecule has 0 atom stereocenters. The Morgan fingerprint density at radius 3 is 1.88 bits per heavy atom. The second-order valence-electron chi connectivity index (χ2n) is 2.82. The number of alkyl halides is 7. The van der Waals surface area contributed by atoms with E-state index in [4.69, 9.17) is 0 Å². The van der Waals surface area contributed by atoms with Crippen LogP contribution in [0.2, 0.25) is 0 Å². The van der Waals surface area contributed by atoms with Crippen molar-refractivity contribution in [2.75, 3.05) is 0 Å². The predicted molar refractivity (Wildman–Crippen MR) is 41.1 cm³/mol. The third-order valence-corrected chi connectivity index (χ3v) is 1.92. The van der Waals surface area contributed by atoms with E-state index in [9.17, 15) is 31.1 Å². The van der Waals surface area contributed by atoms with E-state index in [1.807, 2.05) is 0 Å².